The Morgan fingerprint density at radius 3 is 2.46 bits per heavy atom. The molecule has 1 heterocycles. The molecule has 1 aromatic heterocycles. The highest BCUT2D eigenvalue weighted by molar-refractivity contribution is 5.94. The molecule has 1 amide bonds. The minimum atomic E-state index is -0.153. The van der Waals surface area contributed by atoms with E-state index in [2.05, 4.69) is 68.9 Å². The van der Waals surface area contributed by atoms with Gasteiger partial charge in [0.05, 0.1) is 24.5 Å². The van der Waals surface area contributed by atoms with Crippen molar-refractivity contribution in [3.05, 3.63) is 60.4 Å². The fourth-order valence-corrected chi connectivity index (χ4v) is 3.02. The SMILES string of the molecule is CCN(CC)C(CNC(=NC)NCC(=O)Nc1cccnc1)c1ccccc1. The van der Waals surface area contributed by atoms with E-state index in [-0.39, 0.29) is 18.5 Å². The van der Waals surface area contributed by atoms with Gasteiger partial charge in [0.2, 0.25) is 5.91 Å². The number of hydrogen-bond donors (Lipinski definition) is 3. The third-order valence-corrected chi connectivity index (χ3v) is 4.49. The Bertz CT molecular complexity index is 731. The quantitative estimate of drug-likeness (QED) is 0.458. The van der Waals surface area contributed by atoms with Crippen LogP contribution in [0.25, 0.3) is 0 Å². The first-order valence-electron chi connectivity index (χ1n) is 9.61. The molecule has 1 unspecified atom stereocenters. The number of carbonyl (C=O) groups excluding carboxylic acids is 1. The maximum absolute atomic E-state index is 12.1. The lowest BCUT2D eigenvalue weighted by molar-refractivity contribution is -0.115. The van der Waals surface area contributed by atoms with Crippen LogP contribution in [0.5, 0.6) is 0 Å². The van der Waals surface area contributed by atoms with Gasteiger partial charge in [0.1, 0.15) is 0 Å². The summed E-state index contributed by atoms with van der Waals surface area (Å²) in [6.45, 7) is 7.05. The second-order valence-corrected chi connectivity index (χ2v) is 6.24. The van der Waals surface area contributed by atoms with Crippen LogP contribution in [0.15, 0.2) is 59.9 Å². The number of likely N-dealkylation sites (N-methyl/N-ethyl adjacent to an activating group) is 1. The summed E-state index contributed by atoms with van der Waals surface area (Å²) >= 11 is 0. The third kappa shape index (κ3) is 6.66. The van der Waals surface area contributed by atoms with Gasteiger partial charge in [0.25, 0.3) is 0 Å². The summed E-state index contributed by atoms with van der Waals surface area (Å²) in [5, 5.41) is 9.19. The number of carbonyl (C=O) groups is 1. The van der Waals surface area contributed by atoms with E-state index in [0.29, 0.717) is 18.2 Å². The predicted molar refractivity (Wildman–Crippen MR) is 114 cm³/mol. The van der Waals surface area contributed by atoms with Gasteiger partial charge in [0.15, 0.2) is 5.96 Å². The van der Waals surface area contributed by atoms with Crippen molar-refractivity contribution in [1.29, 1.82) is 0 Å². The molecule has 0 spiro atoms. The largest absolute Gasteiger partial charge is 0.354 e. The Kier molecular flexibility index (Phi) is 8.94. The van der Waals surface area contributed by atoms with Gasteiger partial charge in [-0.05, 0) is 30.8 Å². The van der Waals surface area contributed by atoms with Crippen molar-refractivity contribution in [2.45, 2.75) is 19.9 Å². The van der Waals surface area contributed by atoms with Crippen LogP contribution in [-0.4, -0.2) is 55.0 Å². The van der Waals surface area contributed by atoms with E-state index in [1.165, 1.54) is 5.56 Å². The van der Waals surface area contributed by atoms with Crippen LogP contribution in [0.3, 0.4) is 0 Å². The average molecular weight is 383 g/mol. The Labute approximate surface area is 167 Å². The van der Waals surface area contributed by atoms with E-state index >= 15 is 0 Å². The smallest absolute Gasteiger partial charge is 0.243 e. The Morgan fingerprint density at radius 1 is 1.11 bits per heavy atom. The van der Waals surface area contributed by atoms with Gasteiger partial charge in [0, 0.05) is 19.8 Å². The molecule has 1 aromatic carbocycles. The third-order valence-electron chi connectivity index (χ3n) is 4.49. The summed E-state index contributed by atoms with van der Waals surface area (Å²) in [4.78, 5) is 22.7. The van der Waals surface area contributed by atoms with Crippen LogP contribution in [0.1, 0.15) is 25.5 Å². The van der Waals surface area contributed by atoms with Crippen LogP contribution in [-0.2, 0) is 4.79 Å². The van der Waals surface area contributed by atoms with Crippen LogP contribution in [0.4, 0.5) is 5.69 Å². The number of pyridine rings is 1. The van der Waals surface area contributed by atoms with Crippen LogP contribution < -0.4 is 16.0 Å². The van der Waals surface area contributed by atoms with Crippen LogP contribution in [0.2, 0.25) is 0 Å². The molecule has 7 nitrogen and oxygen atoms in total. The maximum Gasteiger partial charge on any atom is 0.243 e. The number of aliphatic imine (C=N–C) groups is 1. The standard InChI is InChI=1S/C21H30N6O/c1-4-27(5-2)19(17-10-7-6-8-11-17)15-24-21(22-3)25-16-20(28)26-18-12-9-13-23-14-18/h6-14,19H,4-5,15-16H2,1-3H3,(H,26,28)(H2,22,24,25). The van der Waals surface area contributed by atoms with Crippen molar-refractivity contribution in [1.82, 2.24) is 20.5 Å². The first-order chi connectivity index (χ1) is 13.7. The molecule has 7 heteroatoms. The molecule has 28 heavy (non-hydrogen) atoms. The Morgan fingerprint density at radius 2 is 1.86 bits per heavy atom. The van der Waals surface area contributed by atoms with Crippen molar-refractivity contribution >= 4 is 17.6 Å². The zero-order valence-corrected chi connectivity index (χ0v) is 16.9. The molecule has 0 radical (unpaired) electrons. The molecule has 150 valence electrons. The molecule has 0 bridgehead atoms. The first kappa shape index (κ1) is 21.4. The highest BCUT2D eigenvalue weighted by Gasteiger charge is 2.18. The van der Waals surface area contributed by atoms with Gasteiger partial charge in [-0.2, -0.15) is 0 Å². The number of benzene rings is 1. The molecule has 3 N–H and O–H groups in total. The molecule has 0 fully saturated rings. The fourth-order valence-electron chi connectivity index (χ4n) is 3.02. The summed E-state index contributed by atoms with van der Waals surface area (Å²) in [5.74, 6) is 0.439. The minimum Gasteiger partial charge on any atom is -0.354 e. The van der Waals surface area contributed by atoms with E-state index in [9.17, 15) is 4.79 Å². The minimum absolute atomic E-state index is 0.121. The zero-order valence-electron chi connectivity index (χ0n) is 16.9. The van der Waals surface area contributed by atoms with Crippen molar-refractivity contribution < 1.29 is 4.79 Å². The van der Waals surface area contributed by atoms with Crippen molar-refractivity contribution in [2.24, 2.45) is 4.99 Å². The van der Waals surface area contributed by atoms with Gasteiger partial charge in [-0.25, -0.2) is 0 Å². The highest BCUT2D eigenvalue weighted by Crippen LogP contribution is 2.19. The normalized spacial score (nSPS) is 12.5. The average Bonchev–Trinajstić information content (AvgIpc) is 2.74. The monoisotopic (exact) mass is 382 g/mol. The number of hydrogen-bond acceptors (Lipinski definition) is 4. The number of amides is 1. The number of guanidine groups is 1. The number of nitrogens with one attached hydrogen (secondary N) is 3. The summed E-state index contributed by atoms with van der Waals surface area (Å²) < 4.78 is 0. The van der Waals surface area contributed by atoms with Gasteiger partial charge in [-0.15, -0.1) is 0 Å². The molecule has 0 aliphatic carbocycles. The summed E-state index contributed by atoms with van der Waals surface area (Å²) in [6.07, 6.45) is 3.28. The molecule has 0 saturated carbocycles. The number of aromatic nitrogens is 1. The fraction of sp³-hybridized carbons (Fsp3) is 0.381. The van der Waals surface area contributed by atoms with E-state index in [1.807, 2.05) is 6.07 Å². The number of rotatable bonds is 9. The zero-order chi connectivity index (χ0) is 20.2. The summed E-state index contributed by atoms with van der Waals surface area (Å²) in [7, 11) is 1.70. The van der Waals surface area contributed by atoms with E-state index in [0.717, 1.165) is 13.1 Å². The van der Waals surface area contributed by atoms with E-state index in [1.54, 1.807) is 31.6 Å². The highest BCUT2D eigenvalue weighted by atomic mass is 16.1. The van der Waals surface area contributed by atoms with Crippen molar-refractivity contribution in [2.75, 3.05) is 38.5 Å². The van der Waals surface area contributed by atoms with E-state index in [4.69, 9.17) is 0 Å². The second-order valence-electron chi connectivity index (χ2n) is 6.24. The summed E-state index contributed by atoms with van der Waals surface area (Å²) in [6, 6.07) is 14.2. The maximum atomic E-state index is 12.1. The first-order valence-corrected chi connectivity index (χ1v) is 9.61. The lowest BCUT2D eigenvalue weighted by Crippen LogP contribution is -2.45. The molecule has 2 aromatic rings. The molecule has 1 atom stereocenters. The lowest BCUT2D eigenvalue weighted by Gasteiger charge is -2.30. The van der Waals surface area contributed by atoms with Crippen LogP contribution >= 0.6 is 0 Å². The van der Waals surface area contributed by atoms with Crippen molar-refractivity contribution in [3.63, 3.8) is 0 Å². The molecule has 2 rings (SSSR count). The predicted octanol–water partition coefficient (Wildman–Crippen LogP) is 2.27. The second kappa shape index (κ2) is 11.7. The van der Waals surface area contributed by atoms with Gasteiger partial charge in [-0.1, -0.05) is 44.2 Å². The Balaban J connectivity index is 1.90. The molecular formula is C21H30N6O. The number of nitrogens with zero attached hydrogens (tertiary/aromatic N) is 3. The van der Waals surface area contributed by atoms with Crippen molar-refractivity contribution in [3.8, 4) is 0 Å². The van der Waals surface area contributed by atoms with Gasteiger partial charge in [-0.3, -0.25) is 19.7 Å². The van der Waals surface area contributed by atoms with Gasteiger partial charge < -0.3 is 16.0 Å². The van der Waals surface area contributed by atoms with Crippen LogP contribution in [0, 0.1) is 0 Å². The van der Waals surface area contributed by atoms with E-state index < -0.39 is 0 Å². The molecule has 0 aliphatic heterocycles. The summed E-state index contributed by atoms with van der Waals surface area (Å²) in [5.41, 5.74) is 1.92. The molecule has 0 saturated heterocycles. The van der Waals surface area contributed by atoms with Gasteiger partial charge >= 0.3 is 0 Å². The topological polar surface area (TPSA) is 81.6 Å². The molecular weight excluding hydrogens is 352 g/mol. The lowest BCUT2D eigenvalue weighted by atomic mass is 10.1. The molecule has 0 aliphatic rings. The Hall–Kier alpha value is -2.93. The number of anilines is 1.